The van der Waals surface area contributed by atoms with Gasteiger partial charge in [0.2, 0.25) is 5.88 Å². The average Bonchev–Trinajstić information content (AvgIpc) is 3.32. The van der Waals surface area contributed by atoms with Crippen molar-refractivity contribution in [3.8, 4) is 17.0 Å². The highest BCUT2D eigenvalue weighted by Gasteiger charge is 2.20. The summed E-state index contributed by atoms with van der Waals surface area (Å²) >= 11 is 0. The SMILES string of the molecule is Cc1c(-c2cc3cc(NC(=O)OC[C@H]4CCCN4)ncc3cc2F)cnc2c1NCCO2. The van der Waals surface area contributed by atoms with Crippen LogP contribution >= 0.6 is 0 Å². The van der Waals surface area contributed by atoms with Gasteiger partial charge in [-0.15, -0.1) is 0 Å². The van der Waals surface area contributed by atoms with Gasteiger partial charge in [-0.05, 0) is 55.5 Å². The first kappa shape index (κ1) is 20.4. The van der Waals surface area contributed by atoms with Crippen LogP contribution in [0.1, 0.15) is 18.4 Å². The molecule has 0 saturated carbocycles. The number of ether oxygens (including phenoxy) is 2. The molecule has 4 heterocycles. The van der Waals surface area contributed by atoms with Gasteiger partial charge in [0.25, 0.3) is 0 Å². The van der Waals surface area contributed by atoms with E-state index < -0.39 is 6.09 Å². The maximum absolute atomic E-state index is 15.0. The molecular weight excluding hydrogens is 413 g/mol. The highest BCUT2D eigenvalue weighted by molar-refractivity contribution is 5.92. The second-order valence-corrected chi connectivity index (χ2v) is 8.02. The van der Waals surface area contributed by atoms with Crippen molar-refractivity contribution < 1.29 is 18.7 Å². The van der Waals surface area contributed by atoms with Crippen LogP contribution in [0.3, 0.4) is 0 Å². The van der Waals surface area contributed by atoms with Gasteiger partial charge in [-0.2, -0.15) is 0 Å². The predicted octanol–water partition coefficient (Wildman–Crippen LogP) is 3.85. The lowest BCUT2D eigenvalue weighted by Crippen LogP contribution is -2.29. The Balaban J connectivity index is 1.40. The van der Waals surface area contributed by atoms with E-state index in [1.54, 1.807) is 18.3 Å². The third-order valence-electron chi connectivity index (χ3n) is 5.85. The van der Waals surface area contributed by atoms with E-state index in [0.29, 0.717) is 48.0 Å². The number of fused-ring (bicyclic) bond motifs is 2. The Hall–Kier alpha value is -3.46. The van der Waals surface area contributed by atoms with Crippen LogP contribution in [0.5, 0.6) is 5.88 Å². The molecule has 2 aliphatic heterocycles. The summed E-state index contributed by atoms with van der Waals surface area (Å²) in [6.45, 7) is 4.40. The number of nitrogens with zero attached hydrogens (tertiary/aromatic N) is 2. The van der Waals surface area contributed by atoms with Crippen molar-refractivity contribution in [3.63, 3.8) is 0 Å². The molecule has 32 heavy (non-hydrogen) atoms. The molecule has 0 bridgehead atoms. The fourth-order valence-corrected chi connectivity index (χ4v) is 4.15. The summed E-state index contributed by atoms with van der Waals surface area (Å²) in [6.07, 6.45) is 4.68. The average molecular weight is 437 g/mol. The van der Waals surface area contributed by atoms with E-state index in [4.69, 9.17) is 9.47 Å². The molecule has 9 heteroatoms. The summed E-state index contributed by atoms with van der Waals surface area (Å²) < 4.78 is 25.8. The van der Waals surface area contributed by atoms with Gasteiger partial charge in [-0.25, -0.2) is 19.2 Å². The van der Waals surface area contributed by atoms with Gasteiger partial charge in [0, 0.05) is 41.5 Å². The quantitative estimate of drug-likeness (QED) is 0.570. The van der Waals surface area contributed by atoms with Crippen molar-refractivity contribution in [3.05, 3.63) is 42.0 Å². The molecule has 1 saturated heterocycles. The zero-order valence-corrected chi connectivity index (χ0v) is 17.7. The Morgan fingerprint density at radius 2 is 2.12 bits per heavy atom. The second-order valence-electron chi connectivity index (χ2n) is 8.02. The molecule has 1 amide bonds. The van der Waals surface area contributed by atoms with Crippen LogP contribution in [0.25, 0.3) is 21.9 Å². The molecule has 2 aromatic heterocycles. The molecule has 2 aliphatic rings. The number of carbonyl (C=O) groups is 1. The second kappa shape index (κ2) is 8.58. The van der Waals surface area contributed by atoms with E-state index in [1.165, 1.54) is 12.3 Å². The number of aromatic nitrogens is 2. The molecule has 0 spiro atoms. The molecule has 5 rings (SSSR count). The number of benzene rings is 1. The zero-order valence-electron chi connectivity index (χ0n) is 17.7. The Morgan fingerprint density at radius 1 is 1.22 bits per heavy atom. The minimum atomic E-state index is -0.561. The molecule has 1 atom stereocenters. The van der Waals surface area contributed by atoms with E-state index in [2.05, 4.69) is 25.9 Å². The Morgan fingerprint density at radius 3 is 2.97 bits per heavy atom. The largest absolute Gasteiger partial charge is 0.474 e. The summed E-state index contributed by atoms with van der Waals surface area (Å²) in [4.78, 5) is 20.7. The number of hydrogen-bond donors (Lipinski definition) is 3. The maximum Gasteiger partial charge on any atom is 0.412 e. The number of hydrogen-bond acceptors (Lipinski definition) is 7. The first-order valence-electron chi connectivity index (χ1n) is 10.7. The zero-order chi connectivity index (χ0) is 22.1. The molecule has 0 unspecified atom stereocenters. The Labute approximate surface area is 184 Å². The van der Waals surface area contributed by atoms with Crippen molar-refractivity contribution in [2.45, 2.75) is 25.8 Å². The fraction of sp³-hybridized carbons (Fsp3) is 0.348. The molecule has 1 fully saturated rings. The van der Waals surface area contributed by atoms with Gasteiger partial charge in [-0.3, -0.25) is 5.32 Å². The van der Waals surface area contributed by atoms with Crippen LogP contribution in [0.15, 0.2) is 30.6 Å². The summed E-state index contributed by atoms with van der Waals surface area (Å²) in [7, 11) is 0. The van der Waals surface area contributed by atoms with Crippen LogP contribution < -0.4 is 20.7 Å². The number of nitrogens with one attached hydrogen (secondary N) is 3. The predicted molar refractivity (Wildman–Crippen MR) is 120 cm³/mol. The summed E-state index contributed by atoms with van der Waals surface area (Å²) in [5.74, 6) is 0.501. The summed E-state index contributed by atoms with van der Waals surface area (Å²) in [6, 6.07) is 5.08. The number of rotatable bonds is 4. The number of carbonyl (C=O) groups excluding carboxylic acids is 1. The summed E-state index contributed by atoms with van der Waals surface area (Å²) in [5, 5.41) is 10.6. The van der Waals surface area contributed by atoms with E-state index >= 15 is 0 Å². The normalized spacial score (nSPS) is 17.4. The highest BCUT2D eigenvalue weighted by Crippen LogP contribution is 2.37. The van der Waals surface area contributed by atoms with Gasteiger partial charge in [0.1, 0.15) is 30.5 Å². The van der Waals surface area contributed by atoms with Crippen molar-refractivity contribution in [2.24, 2.45) is 0 Å². The smallest absolute Gasteiger partial charge is 0.412 e. The first-order chi connectivity index (χ1) is 15.6. The van der Waals surface area contributed by atoms with Crippen molar-refractivity contribution >= 4 is 28.4 Å². The molecule has 3 N–H and O–H groups in total. The lowest BCUT2D eigenvalue weighted by Gasteiger charge is -2.21. The van der Waals surface area contributed by atoms with Crippen LogP contribution in [-0.2, 0) is 4.74 Å². The standard InChI is InChI=1S/C23H24FN5O3/c1-13-18(11-28-22-21(13)26-5-6-31-22)17-7-14-9-20(27-10-15(14)8-19(17)24)29-23(30)32-12-16-3-2-4-25-16/h7-11,16,25-26H,2-6,12H2,1H3,(H,27,29,30)/t16-/m1/s1. The van der Waals surface area contributed by atoms with Crippen molar-refractivity contribution in [1.29, 1.82) is 0 Å². The monoisotopic (exact) mass is 437 g/mol. The minimum Gasteiger partial charge on any atom is -0.474 e. The van der Waals surface area contributed by atoms with Crippen LogP contribution in [-0.4, -0.2) is 48.4 Å². The third-order valence-corrected chi connectivity index (χ3v) is 5.85. The molecule has 3 aromatic rings. The van der Waals surface area contributed by atoms with E-state index in [0.717, 1.165) is 36.0 Å². The minimum absolute atomic E-state index is 0.198. The van der Waals surface area contributed by atoms with Gasteiger partial charge < -0.3 is 20.1 Å². The molecule has 0 radical (unpaired) electrons. The Kier molecular flexibility index (Phi) is 5.48. The topological polar surface area (TPSA) is 97.4 Å². The molecule has 8 nitrogen and oxygen atoms in total. The van der Waals surface area contributed by atoms with Crippen molar-refractivity contribution in [2.75, 3.05) is 36.9 Å². The summed E-state index contributed by atoms with van der Waals surface area (Å²) in [5.41, 5.74) is 2.75. The fourth-order valence-electron chi connectivity index (χ4n) is 4.15. The van der Waals surface area contributed by atoms with E-state index in [9.17, 15) is 9.18 Å². The van der Waals surface area contributed by atoms with E-state index in [-0.39, 0.29) is 11.9 Å². The lowest BCUT2D eigenvalue weighted by molar-refractivity contribution is 0.151. The third kappa shape index (κ3) is 4.03. The van der Waals surface area contributed by atoms with Crippen LogP contribution in [0.4, 0.5) is 20.7 Å². The van der Waals surface area contributed by atoms with E-state index in [1.807, 2.05) is 6.92 Å². The molecule has 166 valence electrons. The maximum atomic E-state index is 15.0. The Bertz CT molecular complexity index is 1180. The van der Waals surface area contributed by atoms with Gasteiger partial charge >= 0.3 is 6.09 Å². The first-order valence-corrected chi connectivity index (χ1v) is 10.7. The lowest BCUT2D eigenvalue weighted by atomic mass is 9.98. The van der Waals surface area contributed by atoms with Gasteiger partial charge in [0.15, 0.2) is 0 Å². The number of anilines is 2. The number of halogens is 1. The van der Waals surface area contributed by atoms with Crippen LogP contribution in [0, 0.1) is 12.7 Å². The molecule has 1 aromatic carbocycles. The number of pyridine rings is 2. The number of amides is 1. The van der Waals surface area contributed by atoms with Crippen LogP contribution in [0.2, 0.25) is 0 Å². The van der Waals surface area contributed by atoms with Crippen molar-refractivity contribution in [1.82, 2.24) is 15.3 Å². The molecular formula is C23H24FN5O3. The van der Waals surface area contributed by atoms with Gasteiger partial charge in [0.05, 0.1) is 0 Å². The van der Waals surface area contributed by atoms with Gasteiger partial charge in [-0.1, -0.05) is 0 Å². The highest BCUT2D eigenvalue weighted by atomic mass is 19.1. The molecule has 0 aliphatic carbocycles.